The molecule has 4 nitrogen and oxygen atoms in total. The Hall–Kier alpha value is -1.91. The molecule has 3 atom stereocenters. The monoisotopic (exact) mass is 248 g/mol. The summed E-state index contributed by atoms with van der Waals surface area (Å²) in [4.78, 5) is 10.3. The quantitative estimate of drug-likeness (QED) is 0.508. The van der Waals surface area contributed by atoms with Gasteiger partial charge in [0.05, 0.1) is 11.0 Å². The molecule has 0 aliphatic heterocycles. The number of nitro benzene ring substituents is 1. The lowest BCUT2D eigenvalue weighted by molar-refractivity contribution is -0.384. The molecule has 1 N–H and O–H groups in total. The van der Waals surface area contributed by atoms with E-state index in [4.69, 9.17) is 0 Å². The Labute approximate surface area is 104 Å². The smallest absolute Gasteiger partial charge is 0.295 e. The van der Waals surface area contributed by atoms with E-state index in [1.807, 2.05) is 0 Å². The maximum atomic E-state index is 13.0. The van der Waals surface area contributed by atoms with E-state index in [0.717, 1.165) is 18.9 Å². The molecular formula is C13H13FN2O2. The van der Waals surface area contributed by atoms with Crippen molar-refractivity contribution in [2.24, 2.45) is 11.8 Å². The van der Waals surface area contributed by atoms with Gasteiger partial charge in [0.1, 0.15) is 11.5 Å². The van der Waals surface area contributed by atoms with Gasteiger partial charge < -0.3 is 5.32 Å². The van der Waals surface area contributed by atoms with Crippen molar-refractivity contribution in [1.82, 2.24) is 0 Å². The van der Waals surface area contributed by atoms with Crippen LogP contribution in [0.1, 0.15) is 12.8 Å². The van der Waals surface area contributed by atoms with Crippen LogP contribution in [0.3, 0.4) is 0 Å². The second-order valence-electron chi connectivity index (χ2n) is 4.91. The van der Waals surface area contributed by atoms with Crippen molar-refractivity contribution in [2.45, 2.75) is 18.9 Å². The normalized spacial score (nSPS) is 28.6. The van der Waals surface area contributed by atoms with Gasteiger partial charge in [0.25, 0.3) is 5.69 Å². The molecule has 1 aromatic carbocycles. The summed E-state index contributed by atoms with van der Waals surface area (Å²) in [5.74, 6) is 0.566. The number of fused-ring (bicyclic) bond motifs is 1. The van der Waals surface area contributed by atoms with Crippen LogP contribution in [0.2, 0.25) is 0 Å². The van der Waals surface area contributed by atoms with Crippen LogP contribution in [0.15, 0.2) is 30.4 Å². The van der Waals surface area contributed by atoms with Crippen LogP contribution in [0.5, 0.6) is 0 Å². The molecule has 1 aromatic rings. The minimum atomic E-state index is -0.584. The van der Waals surface area contributed by atoms with Gasteiger partial charge in [-0.05, 0) is 30.9 Å². The Balaban J connectivity index is 1.80. The van der Waals surface area contributed by atoms with E-state index < -0.39 is 10.7 Å². The van der Waals surface area contributed by atoms with Crippen molar-refractivity contribution >= 4 is 11.4 Å². The fourth-order valence-corrected chi connectivity index (χ4v) is 2.86. The first-order valence-electron chi connectivity index (χ1n) is 6.02. The van der Waals surface area contributed by atoms with Crippen molar-refractivity contribution in [3.8, 4) is 0 Å². The van der Waals surface area contributed by atoms with E-state index in [0.29, 0.717) is 17.5 Å². The van der Waals surface area contributed by atoms with Gasteiger partial charge in [-0.25, -0.2) is 4.39 Å². The third kappa shape index (κ3) is 1.75. The number of halogens is 1. The molecule has 0 saturated heterocycles. The molecule has 0 aromatic heterocycles. The third-order valence-electron chi connectivity index (χ3n) is 3.86. The Bertz CT molecular complexity index is 530. The van der Waals surface area contributed by atoms with E-state index in [-0.39, 0.29) is 11.7 Å². The molecule has 0 radical (unpaired) electrons. The number of hydrogen-bond acceptors (Lipinski definition) is 3. The van der Waals surface area contributed by atoms with E-state index in [1.165, 1.54) is 12.1 Å². The molecule has 0 bridgehead atoms. The van der Waals surface area contributed by atoms with Crippen LogP contribution < -0.4 is 5.32 Å². The molecule has 5 heteroatoms. The zero-order valence-electron chi connectivity index (χ0n) is 9.67. The maximum absolute atomic E-state index is 13.0. The van der Waals surface area contributed by atoms with E-state index in [2.05, 4.69) is 17.5 Å². The first-order valence-corrected chi connectivity index (χ1v) is 6.02. The molecule has 94 valence electrons. The van der Waals surface area contributed by atoms with Crippen LogP contribution in [0.4, 0.5) is 15.8 Å². The zero-order chi connectivity index (χ0) is 12.7. The maximum Gasteiger partial charge on any atom is 0.295 e. The Kier molecular flexibility index (Phi) is 2.54. The molecule has 3 rings (SSSR count). The fourth-order valence-electron chi connectivity index (χ4n) is 2.86. The molecule has 0 heterocycles. The highest BCUT2D eigenvalue weighted by Gasteiger charge is 2.41. The number of hydrogen-bond donors (Lipinski definition) is 1. The lowest BCUT2D eigenvalue weighted by Gasteiger charge is -2.41. The Morgan fingerprint density at radius 3 is 3.00 bits per heavy atom. The number of nitrogens with zero attached hydrogens (tertiary/aromatic N) is 1. The first kappa shape index (κ1) is 11.2. The van der Waals surface area contributed by atoms with Crippen molar-refractivity contribution in [3.63, 3.8) is 0 Å². The molecule has 0 spiro atoms. The average molecular weight is 248 g/mol. The average Bonchev–Trinajstić information content (AvgIpc) is 2.69. The van der Waals surface area contributed by atoms with Gasteiger partial charge in [0.2, 0.25) is 0 Å². The van der Waals surface area contributed by atoms with E-state index in [1.54, 1.807) is 0 Å². The SMILES string of the molecule is O=[N+]([O-])c1cc(F)ccc1NC1CC2CC=CC21. The number of benzene rings is 1. The van der Waals surface area contributed by atoms with E-state index in [9.17, 15) is 14.5 Å². The minimum absolute atomic E-state index is 0.194. The molecule has 2 aliphatic carbocycles. The van der Waals surface area contributed by atoms with Crippen molar-refractivity contribution in [1.29, 1.82) is 0 Å². The van der Waals surface area contributed by atoms with Crippen molar-refractivity contribution < 1.29 is 9.31 Å². The highest BCUT2D eigenvalue weighted by Crippen LogP contribution is 2.44. The topological polar surface area (TPSA) is 55.2 Å². The van der Waals surface area contributed by atoms with Gasteiger partial charge >= 0.3 is 0 Å². The Morgan fingerprint density at radius 2 is 2.28 bits per heavy atom. The first-order chi connectivity index (χ1) is 8.65. The van der Waals surface area contributed by atoms with Crippen LogP contribution in [-0.2, 0) is 0 Å². The summed E-state index contributed by atoms with van der Waals surface area (Å²) in [6.45, 7) is 0. The summed E-state index contributed by atoms with van der Waals surface area (Å²) in [6.07, 6.45) is 6.46. The predicted octanol–water partition coefficient (Wildman–Crippen LogP) is 3.11. The van der Waals surface area contributed by atoms with Gasteiger partial charge in [-0.1, -0.05) is 12.2 Å². The summed E-state index contributed by atoms with van der Waals surface area (Å²) in [7, 11) is 0. The lowest BCUT2D eigenvalue weighted by Crippen LogP contribution is -2.43. The number of rotatable bonds is 3. The third-order valence-corrected chi connectivity index (χ3v) is 3.86. The predicted molar refractivity (Wildman–Crippen MR) is 65.8 cm³/mol. The zero-order valence-corrected chi connectivity index (χ0v) is 9.67. The molecule has 3 unspecified atom stereocenters. The highest BCUT2D eigenvalue weighted by molar-refractivity contribution is 5.62. The van der Waals surface area contributed by atoms with Gasteiger partial charge in [-0.2, -0.15) is 0 Å². The fraction of sp³-hybridized carbons (Fsp3) is 0.385. The molecular weight excluding hydrogens is 235 g/mol. The molecule has 18 heavy (non-hydrogen) atoms. The van der Waals surface area contributed by atoms with Gasteiger partial charge in [0.15, 0.2) is 0 Å². The van der Waals surface area contributed by atoms with Crippen LogP contribution in [0, 0.1) is 27.8 Å². The van der Waals surface area contributed by atoms with Crippen LogP contribution in [-0.4, -0.2) is 11.0 Å². The number of nitro groups is 1. The molecule has 0 amide bonds. The second-order valence-corrected chi connectivity index (χ2v) is 4.91. The van der Waals surface area contributed by atoms with Gasteiger partial charge in [-0.15, -0.1) is 0 Å². The summed E-state index contributed by atoms with van der Waals surface area (Å²) in [5, 5.41) is 14.0. The molecule has 1 saturated carbocycles. The molecule has 1 fully saturated rings. The summed E-state index contributed by atoms with van der Waals surface area (Å²) < 4.78 is 13.0. The van der Waals surface area contributed by atoms with Crippen LogP contribution in [0.25, 0.3) is 0 Å². The highest BCUT2D eigenvalue weighted by atomic mass is 19.1. The second kappa shape index (κ2) is 4.08. The standard InChI is InChI=1S/C13H13FN2O2/c14-9-4-5-11(13(7-9)16(17)18)15-12-6-8-2-1-3-10(8)12/h1,3-5,7-8,10,12,15H,2,6H2. The molecule has 2 aliphatic rings. The Morgan fingerprint density at radius 1 is 1.44 bits per heavy atom. The van der Waals surface area contributed by atoms with Crippen molar-refractivity contribution in [2.75, 3.05) is 5.32 Å². The minimum Gasteiger partial charge on any atom is -0.376 e. The number of allylic oxidation sites excluding steroid dienone is 1. The van der Waals surface area contributed by atoms with Crippen molar-refractivity contribution in [3.05, 3.63) is 46.3 Å². The summed E-state index contributed by atoms with van der Waals surface area (Å²) in [5.41, 5.74) is 0.213. The van der Waals surface area contributed by atoms with Crippen LogP contribution >= 0.6 is 0 Å². The number of nitrogens with one attached hydrogen (secondary N) is 1. The van der Waals surface area contributed by atoms with Gasteiger partial charge in [-0.3, -0.25) is 10.1 Å². The summed E-state index contributed by atoms with van der Waals surface area (Å²) >= 11 is 0. The summed E-state index contributed by atoms with van der Waals surface area (Å²) in [6, 6.07) is 3.89. The number of anilines is 1. The lowest BCUT2D eigenvalue weighted by atomic mass is 9.71. The van der Waals surface area contributed by atoms with E-state index >= 15 is 0 Å². The van der Waals surface area contributed by atoms with Gasteiger partial charge in [0, 0.05) is 12.0 Å². The largest absolute Gasteiger partial charge is 0.376 e.